The molecule has 2 aromatic carbocycles. The molecule has 216 valence electrons. The number of hydrogen-bond acceptors (Lipinski definition) is 2. The van der Waals surface area contributed by atoms with Crippen LogP contribution in [0.4, 0.5) is 0 Å². The molecule has 0 atom stereocenters. The summed E-state index contributed by atoms with van der Waals surface area (Å²) in [5.74, 6) is 7.41. The monoisotopic (exact) mass is 556 g/mol. The molecule has 4 saturated carbocycles. The molecule has 0 heterocycles. The molecule has 4 aliphatic rings. The number of benzene rings is 2. The predicted octanol–water partition coefficient (Wildman–Crippen LogP) is 11.5. The second kappa shape index (κ2) is 14.2. The van der Waals surface area contributed by atoms with Crippen LogP contribution in [0, 0.1) is 0 Å². The Morgan fingerprint density at radius 2 is 0.675 bits per heavy atom. The summed E-state index contributed by atoms with van der Waals surface area (Å²) in [5.41, 5.74) is 6.00. The van der Waals surface area contributed by atoms with Gasteiger partial charge in [0.25, 0.3) is 0 Å². The van der Waals surface area contributed by atoms with E-state index in [4.69, 9.17) is 7.58 Å². The summed E-state index contributed by atoms with van der Waals surface area (Å²) in [6.45, 7) is 0. The molecule has 6 rings (SSSR count). The van der Waals surface area contributed by atoms with Gasteiger partial charge >= 0.3 is 14.8 Å². The highest BCUT2D eigenvalue weighted by atomic mass is 27.2. The van der Waals surface area contributed by atoms with Crippen LogP contribution >= 0.6 is 0 Å². The number of rotatable bonds is 8. The van der Waals surface area contributed by atoms with Crippen molar-refractivity contribution in [3.63, 3.8) is 0 Å². The molecule has 0 unspecified atom stereocenters. The highest BCUT2D eigenvalue weighted by Gasteiger charge is 2.34. The largest absolute Gasteiger partial charge is 0.853 e. The fraction of sp³-hybridized carbons (Fsp3) is 0.676. The van der Waals surface area contributed by atoms with E-state index in [-0.39, 0.29) is 0 Å². The van der Waals surface area contributed by atoms with Gasteiger partial charge in [-0.05, 0) is 103 Å². The minimum atomic E-state index is -1.98. The Hall–Kier alpha value is -1.43. The average Bonchev–Trinajstić information content (AvgIpc) is 3.03. The van der Waals surface area contributed by atoms with E-state index in [0.29, 0.717) is 23.7 Å². The van der Waals surface area contributed by atoms with Gasteiger partial charge in [-0.1, -0.05) is 113 Å². The Balaban J connectivity index is 1.32. The summed E-state index contributed by atoms with van der Waals surface area (Å²) in [7, 11) is 0. The summed E-state index contributed by atoms with van der Waals surface area (Å²) in [5, 5.41) is 0. The Morgan fingerprint density at radius 3 is 0.925 bits per heavy atom. The first-order valence-corrected chi connectivity index (χ1v) is 19.5. The first-order chi connectivity index (χ1) is 19.8. The van der Waals surface area contributed by atoms with E-state index in [1.165, 1.54) is 162 Å². The second-order valence-corrected chi connectivity index (χ2v) is 15.3. The molecule has 0 aromatic heterocycles. The van der Waals surface area contributed by atoms with Crippen LogP contribution in [0.1, 0.15) is 174 Å². The maximum Gasteiger partial charge on any atom is 0.853 e. The van der Waals surface area contributed by atoms with Gasteiger partial charge in [0, 0.05) is 0 Å². The van der Waals surface area contributed by atoms with Crippen molar-refractivity contribution < 1.29 is 7.58 Å². The second-order valence-electron chi connectivity index (χ2n) is 13.7. The van der Waals surface area contributed by atoms with E-state index >= 15 is 0 Å². The van der Waals surface area contributed by atoms with Crippen molar-refractivity contribution in [2.45, 2.75) is 158 Å². The third-order valence-corrected chi connectivity index (χ3v) is 12.0. The molecular weight excluding hydrogens is 503 g/mol. The van der Waals surface area contributed by atoms with E-state index in [1.807, 2.05) is 0 Å². The van der Waals surface area contributed by atoms with Crippen LogP contribution in [-0.2, 0) is 0 Å². The highest BCUT2D eigenvalue weighted by Crippen LogP contribution is 2.47. The quantitative estimate of drug-likeness (QED) is 0.301. The minimum absolute atomic E-state index is 0.654. The van der Waals surface area contributed by atoms with Crippen LogP contribution in [0.5, 0.6) is 11.5 Å². The molecule has 0 amide bonds. The molecule has 40 heavy (non-hydrogen) atoms. The third kappa shape index (κ3) is 6.79. The van der Waals surface area contributed by atoms with E-state index in [0.717, 1.165) is 0 Å². The Kier molecular flexibility index (Phi) is 10.2. The molecule has 0 bridgehead atoms. The molecule has 0 radical (unpaired) electrons. The van der Waals surface area contributed by atoms with E-state index in [2.05, 4.69) is 42.2 Å². The van der Waals surface area contributed by atoms with Crippen LogP contribution in [-0.4, -0.2) is 14.8 Å². The lowest BCUT2D eigenvalue weighted by Crippen LogP contribution is -2.29. The first-order valence-electron chi connectivity index (χ1n) is 17.4. The van der Waals surface area contributed by atoms with Crippen LogP contribution in [0.3, 0.4) is 0 Å². The standard InChI is InChI=1S/2C18H26O.CH3.Al/c2*19-18-16(14-8-3-1-4-9-14)12-7-13-17(18)15-10-5-2-6-11-15;;/h2*7,12-15,19H,1-6,8-11H2;1H3;/q;;;+2/p-2. The topological polar surface area (TPSA) is 18.5 Å². The van der Waals surface area contributed by atoms with Gasteiger partial charge in [-0.25, -0.2) is 0 Å². The smallest absolute Gasteiger partial charge is 0.611 e. The Bertz CT molecular complexity index is 914. The van der Waals surface area contributed by atoms with Crippen molar-refractivity contribution in [3.8, 4) is 11.5 Å². The van der Waals surface area contributed by atoms with Crippen molar-refractivity contribution in [1.29, 1.82) is 0 Å². The van der Waals surface area contributed by atoms with Crippen LogP contribution < -0.4 is 7.58 Å². The van der Waals surface area contributed by atoms with Gasteiger partial charge in [0.1, 0.15) is 0 Å². The fourth-order valence-corrected chi connectivity index (χ4v) is 9.97. The molecule has 0 saturated heterocycles. The van der Waals surface area contributed by atoms with Gasteiger partial charge in [0.05, 0.1) is 11.5 Å². The zero-order chi connectivity index (χ0) is 27.1. The van der Waals surface area contributed by atoms with E-state index < -0.39 is 14.8 Å². The number of para-hydroxylation sites is 2. The molecular formula is C37H53AlO2. The Morgan fingerprint density at radius 1 is 0.425 bits per heavy atom. The predicted molar refractivity (Wildman–Crippen MR) is 169 cm³/mol. The molecule has 2 aromatic rings. The maximum absolute atomic E-state index is 7.19. The number of hydrogen-bond donors (Lipinski definition) is 0. The van der Waals surface area contributed by atoms with Crippen molar-refractivity contribution in [3.05, 3.63) is 58.7 Å². The SMILES string of the molecule is [CH3][Al]([O]c1c(C2CCCCC2)cccc1C1CCCCC1)[O]c1c(C2CCCCC2)cccc1C1CCCCC1. The maximum atomic E-state index is 7.19. The van der Waals surface area contributed by atoms with Gasteiger partial charge in [0.15, 0.2) is 0 Å². The lowest BCUT2D eigenvalue weighted by Gasteiger charge is -2.32. The zero-order valence-corrected chi connectivity index (χ0v) is 26.5. The third-order valence-electron chi connectivity index (χ3n) is 10.9. The normalized spacial score (nSPS) is 22.2. The molecule has 0 spiro atoms. The molecule has 0 aliphatic heterocycles. The zero-order valence-electron chi connectivity index (χ0n) is 25.3. The molecule has 0 N–H and O–H groups in total. The molecule has 4 aliphatic carbocycles. The van der Waals surface area contributed by atoms with Crippen LogP contribution in [0.25, 0.3) is 0 Å². The van der Waals surface area contributed by atoms with Gasteiger partial charge in [-0.15, -0.1) is 0 Å². The van der Waals surface area contributed by atoms with Gasteiger partial charge in [-0.3, -0.25) is 0 Å². The average molecular weight is 557 g/mol. The van der Waals surface area contributed by atoms with E-state index in [1.54, 1.807) is 0 Å². The highest BCUT2D eigenvalue weighted by molar-refractivity contribution is 6.44. The van der Waals surface area contributed by atoms with Crippen molar-refractivity contribution in [2.24, 2.45) is 0 Å². The fourth-order valence-electron chi connectivity index (χ4n) is 8.72. The summed E-state index contributed by atoms with van der Waals surface area (Å²) < 4.78 is 14.4. The van der Waals surface area contributed by atoms with Crippen LogP contribution in [0.15, 0.2) is 36.4 Å². The van der Waals surface area contributed by atoms with E-state index in [9.17, 15) is 0 Å². The van der Waals surface area contributed by atoms with Crippen molar-refractivity contribution in [2.75, 3.05) is 0 Å². The van der Waals surface area contributed by atoms with Gasteiger partial charge in [-0.2, -0.15) is 0 Å². The minimum Gasteiger partial charge on any atom is -0.611 e. The lowest BCUT2D eigenvalue weighted by molar-refractivity contribution is 0.376. The van der Waals surface area contributed by atoms with Gasteiger partial charge in [0.2, 0.25) is 0 Å². The lowest BCUT2D eigenvalue weighted by atomic mass is 9.79. The van der Waals surface area contributed by atoms with Crippen LogP contribution in [0.2, 0.25) is 5.79 Å². The Labute approximate surface area is 249 Å². The first kappa shape index (κ1) is 28.7. The summed E-state index contributed by atoms with van der Waals surface area (Å²) in [4.78, 5) is 0. The molecule has 4 fully saturated rings. The van der Waals surface area contributed by atoms with Crippen molar-refractivity contribution >= 4 is 14.8 Å². The molecule has 2 nitrogen and oxygen atoms in total. The summed E-state index contributed by atoms with van der Waals surface area (Å²) in [6, 6.07) is 14.3. The summed E-state index contributed by atoms with van der Waals surface area (Å²) >= 11 is -1.98. The van der Waals surface area contributed by atoms with Gasteiger partial charge < -0.3 is 7.58 Å². The molecule has 3 heteroatoms. The summed E-state index contributed by atoms with van der Waals surface area (Å²) in [6.07, 6.45) is 27.0. The van der Waals surface area contributed by atoms with Crippen molar-refractivity contribution in [1.82, 2.24) is 0 Å².